The standard InChI is InChI=1S/C14H24BNO2/c1-13(2)9-6-10(13)14(3)11(7-9)17-15(18-14)12(16)8-4-5-8/h8-12H,4-7,16H2,1-3H3/t9-,10-,11+,12-,14-/m0/s1. The number of hydrogen-bond acceptors (Lipinski definition) is 3. The molecule has 100 valence electrons. The van der Waals surface area contributed by atoms with Crippen LogP contribution in [0.4, 0.5) is 0 Å². The molecule has 0 amide bonds. The molecular formula is C14H24BNO2. The normalized spacial score (nSPS) is 50.7. The summed E-state index contributed by atoms with van der Waals surface area (Å²) in [5.41, 5.74) is 6.61. The van der Waals surface area contributed by atoms with Crippen molar-refractivity contribution in [1.82, 2.24) is 0 Å². The fraction of sp³-hybridized carbons (Fsp3) is 1.00. The summed E-state index contributed by atoms with van der Waals surface area (Å²) in [6.45, 7) is 7.05. The Hall–Kier alpha value is -0.0551. The first kappa shape index (κ1) is 11.7. The van der Waals surface area contributed by atoms with E-state index in [1.807, 2.05) is 0 Å². The van der Waals surface area contributed by atoms with Gasteiger partial charge in [-0.1, -0.05) is 13.8 Å². The van der Waals surface area contributed by atoms with Crippen molar-refractivity contribution in [3.05, 3.63) is 0 Å². The molecule has 4 saturated carbocycles. The van der Waals surface area contributed by atoms with E-state index in [1.165, 1.54) is 19.3 Å². The first-order valence-electron chi connectivity index (χ1n) is 7.52. The molecule has 0 radical (unpaired) electrons. The quantitative estimate of drug-likeness (QED) is 0.761. The Kier molecular flexibility index (Phi) is 2.18. The van der Waals surface area contributed by atoms with Crippen LogP contribution >= 0.6 is 0 Å². The lowest BCUT2D eigenvalue weighted by Gasteiger charge is -2.64. The Morgan fingerprint density at radius 1 is 1.22 bits per heavy atom. The highest BCUT2D eigenvalue weighted by molar-refractivity contribution is 6.47. The van der Waals surface area contributed by atoms with Crippen molar-refractivity contribution in [2.24, 2.45) is 28.9 Å². The van der Waals surface area contributed by atoms with E-state index in [9.17, 15) is 0 Å². The zero-order valence-electron chi connectivity index (χ0n) is 11.7. The lowest BCUT2D eigenvalue weighted by Crippen LogP contribution is -2.65. The second-order valence-electron chi connectivity index (χ2n) is 7.75. The van der Waals surface area contributed by atoms with Crippen LogP contribution in [-0.2, 0) is 9.31 Å². The van der Waals surface area contributed by atoms with E-state index in [4.69, 9.17) is 15.0 Å². The van der Waals surface area contributed by atoms with Gasteiger partial charge in [-0.3, -0.25) is 0 Å². The molecular weight excluding hydrogens is 225 g/mol. The van der Waals surface area contributed by atoms with E-state index >= 15 is 0 Å². The van der Waals surface area contributed by atoms with Gasteiger partial charge >= 0.3 is 7.12 Å². The van der Waals surface area contributed by atoms with Crippen molar-refractivity contribution >= 4 is 7.12 Å². The van der Waals surface area contributed by atoms with Gasteiger partial charge in [0, 0.05) is 5.94 Å². The van der Waals surface area contributed by atoms with Crippen LogP contribution < -0.4 is 5.73 Å². The summed E-state index contributed by atoms with van der Waals surface area (Å²) in [4.78, 5) is 0. The van der Waals surface area contributed by atoms with Gasteiger partial charge in [0.05, 0.1) is 11.7 Å². The van der Waals surface area contributed by atoms with Crippen LogP contribution in [0.15, 0.2) is 0 Å². The van der Waals surface area contributed by atoms with E-state index < -0.39 is 0 Å². The summed E-state index contributed by atoms with van der Waals surface area (Å²) in [7, 11) is -0.150. The topological polar surface area (TPSA) is 44.5 Å². The third-order valence-electron chi connectivity index (χ3n) is 6.45. The molecule has 1 aliphatic heterocycles. The summed E-state index contributed by atoms with van der Waals surface area (Å²) in [5, 5.41) is 0. The van der Waals surface area contributed by atoms with Crippen molar-refractivity contribution in [3.63, 3.8) is 0 Å². The molecule has 5 fully saturated rings. The molecule has 5 rings (SSSR count). The Morgan fingerprint density at radius 3 is 2.56 bits per heavy atom. The third kappa shape index (κ3) is 1.32. The van der Waals surface area contributed by atoms with E-state index in [-0.39, 0.29) is 24.8 Å². The minimum Gasteiger partial charge on any atom is -0.404 e. The maximum absolute atomic E-state index is 6.35. The van der Waals surface area contributed by atoms with Crippen molar-refractivity contribution in [3.8, 4) is 0 Å². The van der Waals surface area contributed by atoms with E-state index in [2.05, 4.69) is 20.8 Å². The Balaban J connectivity index is 1.57. The predicted molar refractivity (Wildman–Crippen MR) is 70.8 cm³/mol. The predicted octanol–water partition coefficient (Wildman–Crippen LogP) is 1.99. The number of rotatable bonds is 2. The van der Waals surface area contributed by atoms with Gasteiger partial charge in [-0.05, 0) is 55.8 Å². The largest absolute Gasteiger partial charge is 0.475 e. The summed E-state index contributed by atoms with van der Waals surface area (Å²) in [6, 6.07) is 0. The molecule has 4 aliphatic carbocycles. The molecule has 5 aliphatic rings. The molecule has 0 unspecified atom stereocenters. The minimum absolute atomic E-state index is 0.0879. The fourth-order valence-electron chi connectivity index (χ4n) is 4.77. The average molecular weight is 249 g/mol. The second-order valence-corrected chi connectivity index (χ2v) is 7.75. The van der Waals surface area contributed by atoms with Gasteiger partial charge in [-0.2, -0.15) is 0 Å². The van der Waals surface area contributed by atoms with Crippen LogP contribution in [0.2, 0.25) is 0 Å². The summed E-state index contributed by atoms with van der Waals surface area (Å²) in [5.74, 6) is 2.19. The van der Waals surface area contributed by atoms with Gasteiger partial charge in [-0.25, -0.2) is 0 Å². The Morgan fingerprint density at radius 2 is 1.94 bits per heavy atom. The summed E-state index contributed by atoms with van der Waals surface area (Å²) in [6.07, 6.45) is 5.26. The first-order valence-corrected chi connectivity index (χ1v) is 7.52. The van der Waals surface area contributed by atoms with E-state index in [0.29, 0.717) is 17.3 Å². The van der Waals surface area contributed by atoms with Crippen LogP contribution in [0.3, 0.4) is 0 Å². The van der Waals surface area contributed by atoms with Crippen LogP contribution in [-0.4, -0.2) is 24.8 Å². The average Bonchev–Trinajstić information content (AvgIpc) is 3.08. The third-order valence-corrected chi connectivity index (χ3v) is 6.45. The van der Waals surface area contributed by atoms with Crippen molar-refractivity contribution in [2.45, 2.75) is 64.1 Å². The maximum Gasteiger partial charge on any atom is 0.475 e. The van der Waals surface area contributed by atoms with Crippen molar-refractivity contribution in [1.29, 1.82) is 0 Å². The second kappa shape index (κ2) is 3.33. The SMILES string of the molecule is CC1(C)[C@@H]2C[C@H]3OB([C@@H](N)C4CC4)O[C@@]3(C)[C@H]1C2. The van der Waals surface area contributed by atoms with Gasteiger partial charge in [0.2, 0.25) is 0 Å². The van der Waals surface area contributed by atoms with Crippen LogP contribution in [0.5, 0.6) is 0 Å². The Bertz CT molecular complexity index is 384. The van der Waals surface area contributed by atoms with Crippen molar-refractivity contribution in [2.75, 3.05) is 0 Å². The zero-order chi connectivity index (χ0) is 12.7. The molecule has 2 bridgehead atoms. The summed E-state index contributed by atoms with van der Waals surface area (Å²) < 4.78 is 12.5. The van der Waals surface area contributed by atoms with Gasteiger partial charge in [0.1, 0.15) is 0 Å². The van der Waals surface area contributed by atoms with Crippen LogP contribution in [0.1, 0.15) is 46.5 Å². The van der Waals surface area contributed by atoms with Crippen LogP contribution in [0, 0.1) is 23.2 Å². The maximum atomic E-state index is 6.35. The van der Waals surface area contributed by atoms with Gasteiger partial charge < -0.3 is 15.0 Å². The number of hydrogen-bond donors (Lipinski definition) is 1. The lowest BCUT2D eigenvalue weighted by atomic mass is 9.43. The summed E-state index contributed by atoms with van der Waals surface area (Å²) >= 11 is 0. The highest BCUT2D eigenvalue weighted by Gasteiger charge is 2.68. The fourth-order valence-corrected chi connectivity index (χ4v) is 4.77. The van der Waals surface area contributed by atoms with Gasteiger partial charge in [0.15, 0.2) is 0 Å². The van der Waals surface area contributed by atoms with E-state index in [0.717, 1.165) is 12.3 Å². The molecule has 0 aromatic heterocycles. The lowest BCUT2D eigenvalue weighted by molar-refractivity contribution is -0.199. The highest BCUT2D eigenvalue weighted by atomic mass is 16.7. The molecule has 4 heteroatoms. The zero-order valence-corrected chi connectivity index (χ0v) is 11.7. The molecule has 0 aromatic rings. The smallest absolute Gasteiger partial charge is 0.404 e. The van der Waals surface area contributed by atoms with Gasteiger partial charge in [0.25, 0.3) is 0 Å². The highest BCUT2D eigenvalue weighted by Crippen LogP contribution is 2.65. The van der Waals surface area contributed by atoms with Crippen molar-refractivity contribution < 1.29 is 9.31 Å². The number of nitrogens with two attached hydrogens (primary N) is 1. The molecule has 0 aromatic carbocycles. The molecule has 2 N–H and O–H groups in total. The Labute approximate surface area is 110 Å². The molecule has 1 heterocycles. The molecule has 0 spiro atoms. The minimum atomic E-state index is -0.150. The molecule has 3 nitrogen and oxygen atoms in total. The molecule has 18 heavy (non-hydrogen) atoms. The first-order chi connectivity index (χ1) is 8.43. The monoisotopic (exact) mass is 249 g/mol. The van der Waals surface area contributed by atoms with E-state index in [1.54, 1.807) is 0 Å². The van der Waals surface area contributed by atoms with Crippen LogP contribution in [0.25, 0.3) is 0 Å². The van der Waals surface area contributed by atoms with Gasteiger partial charge in [-0.15, -0.1) is 0 Å². The molecule has 5 atom stereocenters. The molecule has 1 saturated heterocycles.